The van der Waals surface area contributed by atoms with Crippen molar-refractivity contribution in [3.63, 3.8) is 0 Å². The summed E-state index contributed by atoms with van der Waals surface area (Å²) in [5, 5.41) is 2.49. The van der Waals surface area contributed by atoms with Gasteiger partial charge in [-0.3, -0.25) is 9.59 Å². The first-order valence-electron chi connectivity index (χ1n) is 12.0. The number of esters is 1. The van der Waals surface area contributed by atoms with Crippen molar-refractivity contribution in [2.75, 3.05) is 20.2 Å². The van der Waals surface area contributed by atoms with Crippen molar-refractivity contribution in [2.24, 2.45) is 0 Å². The van der Waals surface area contributed by atoms with E-state index in [4.69, 9.17) is 4.74 Å². The van der Waals surface area contributed by atoms with Gasteiger partial charge < -0.3 is 9.64 Å². The van der Waals surface area contributed by atoms with Gasteiger partial charge in [0.15, 0.2) is 0 Å². The molecular weight excluding hydrogens is 410 g/mol. The quantitative estimate of drug-likeness (QED) is 0.241. The first-order chi connectivity index (χ1) is 16.2. The highest BCUT2D eigenvalue weighted by molar-refractivity contribution is 5.85. The second kappa shape index (κ2) is 13.4. The number of ether oxygens (including phenoxy) is 1. The van der Waals surface area contributed by atoms with Crippen LogP contribution in [0.1, 0.15) is 49.7 Å². The summed E-state index contributed by atoms with van der Waals surface area (Å²) in [4.78, 5) is 26.4. The number of methoxy groups -OCH3 is 1. The summed E-state index contributed by atoms with van der Waals surface area (Å²) >= 11 is 0. The zero-order valence-corrected chi connectivity index (χ0v) is 19.7. The average molecular weight is 446 g/mol. The van der Waals surface area contributed by atoms with Gasteiger partial charge in [-0.2, -0.15) is 0 Å². The second-order valence-corrected chi connectivity index (χ2v) is 8.50. The molecule has 4 heteroatoms. The molecule has 0 aliphatic heterocycles. The van der Waals surface area contributed by atoms with E-state index in [0.717, 1.165) is 51.6 Å². The lowest BCUT2D eigenvalue weighted by Gasteiger charge is -2.23. The maximum Gasteiger partial charge on any atom is 0.305 e. The van der Waals surface area contributed by atoms with Crippen LogP contribution in [-0.4, -0.2) is 37.0 Å². The normalized spacial score (nSPS) is 10.8. The van der Waals surface area contributed by atoms with Crippen LogP contribution in [0.5, 0.6) is 0 Å². The number of carbonyl (C=O) groups is 2. The topological polar surface area (TPSA) is 46.6 Å². The van der Waals surface area contributed by atoms with Crippen LogP contribution >= 0.6 is 0 Å². The summed E-state index contributed by atoms with van der Waals surface area (Å²) < 4.78 is 4.72. The maximum atomic E-state index is 13.1. The zero-order chi connectivity index (χ0) is 23.3. The number of fused-ring (bicyclic) bond motifs is 1. The van der Waals surface area contributed by atoms with Crippen molar-refractivity contribution in [1.29, 1.82) is 0 Å². The molecule has 0 saturated carbocycles. The number of carbonyl (C=O) groups excluding carboxylic acids is 2. The lowest BCUT2D eigenvalue weighted by atomic mass is 10.0. The standard InChI is InChI=1S/C29H35NO3/c1-33-29(32)20-6-3-9-22-30(28(31)19-10-14-24-12-4-2-5-13-24)23-21-26-17-11-16-25-15-7-8-18-27(25)26/h2,4-5,7-8,11-13,15-18H,3,6,9-10,14,19-23H2,1H3. The first-order valence-corrected chi connectivity index (χ1v) is 12.0. The number of hydrogen-bond donors (Lipinski definition) is 0. The van der Waals surface area contributed by atoms with Crippen molar-refractivity contribution < 1.29 is 14.3 Å². The van der Waals surface area contributed by atoms with E-state index in [-0.39, 0.29) is 11.9 Å². The molecule has 3 aromatic carbocycles. The molecule has 0 spiro atoms. The molecule has 0 N–H and O–H groups in total. The SMILES string of the molecule is COC(=O)CCCCCN(CCc1cccc2ccccc12)C(=O)CCCc1ccccc1. The Kier molecular flexibility index (Phi) is 9.96. The van der Waals surface area contributed by atoms with Crippen molar-refractivity contribution in [1.82, 2.24) is 4.90 Å². The average Bonchev–Trinajstić information content (AvgIpc) is 2.86. The number of hydrogen-bond acceptors (Lipinski definition) is 3. The van der Waals surface area contributed by atoms with Gasteiger partial charge in [-0.25, -0.2) is 0 Å². The number of benzene rings is 3. The summed E-state index contributed by atoms with van der Waals surface area (Å²) in [7, 11) is 1.42. The van der Waals surface area contributed by atoms with E-state index < -0.39 is 0 Å². The Morgan fingerprint density at radius 1 is 0.727 bits per heavy atom. The molecule has 4 nitrogen and oxygen atoms in total. The summed E-state index contributed by atoms with van der Waals surface area (Å²) in [5.41, 5.74) is 2.55. The fourth-order valence-corrected chi connectivity index (χ4v) is 4.22. The van der Waals surface area contributed by atoms with Gasteiger partial charge in [-0.05, 0) is 54.0 Å². The van der Waals surface area contributed by atoms with Gasteiger partial charge in [0.1, 0.15) is 0 Å². The van der Waals surface area contributed by atoms with Crippen molar-refractivity contribution >= 4 is 22.6 Å². The molecule has 0 fully saturated rings. The van der Waals surface area contributed by atoms with Gasteiger partial charge in [0.05, 0.1) is 7.11 Å². The summed E-state index contributed by atoms with van der Waals surface area (Å²) in [6.07, 6.45) is 6.23. The van der Waals surface area contributed by atoms with E-state index >= 15 is 0 Å². The Morgan fingerprint density at radius 2 is 1.48 bits per heavy atom. The lowest BCUT2D eigenvalue weighted by Crippen LogP contribution is -2.33. The highest BCUT2D eigenvalue weighted by Gasteiger charge is 2.14. The van der Waals surface area contributed by atoms with Crippen molar-refractivity contribution in [3.05, 3.63) is 83.9 Å². The van der Waals surface area contributed by atoms with E-state index in [2.05, 4.69) is 54.6 Å². The van der Waals surface area contributed by atoms with Crippen LogP contribution in [0, 0.1) is 0 Å². The third-order valence-corrected chi connectivity index (χ3v) is 6.12. The predicted octanol–water partition coefficient (Wildman–Crippen LogP) is 5.97. The van der Waals surface area contributed by atoms with E-state index in [1.165, 1.54) is 29.0 Å². The third kappa shape index (κ3) is 8.05. The molecule has 0 aromatic heterocycles. The molecule has 0 radical (unpaired) electrons. The van der Waals surface area contributed by atoms with Gasteiger partial charge in [-0.15, -0.1) is 0 Å². The minimum atomic E-state index is -0.167. The van der Waals surface area contributed by atoms with E-state index in [1.54, 1.807) is 0 Å². The van der Waals surface area contributed by atoms with Crippen LogP contribution in [0.4, 0.5) is 0 Å². The Hall–Kier alpha value is -3.14. The van der Waals surface area contributed by atoms with Crippen LogP contribution in [-0.2, 0) is 27.2 Å². The fourth-order valence-electron chi connectivity index (χ4n) is 4.22. The van der Waals surface area contributed by atoms with Crippen LogP contribution in [0.2, 0.25) is 0 Å². The molecule has 0 atom stereocenters. The Bertz CT molecular complexity index is 1010. The lowest BCUT2D eigenvalue weighted by molar-refractivity contribution is -0.140. The third-order valence-electron chi connectivity index (χ3n) is 6.12. The molecule has 0 aliphatic carbocycles. The van der Waals surface area contributed by atoms with Gasteiger partial charge in [0, 0.05) is 25.9 Å². The van der Waals surface area contributed by atoms with E-state index in [0.29, 0.717) is 12.8 Å². The van der Waals surface area contributed by atoms with Gasteiger partial charge in [0.2, 0.25) is 5.91 Å². The smallest absolute Gasteiger partial charge is 0.305 e. The molecule has 0 heterocycles. The number of amides is 1. The van der Waals surface area contributed by atoms with Crippen LogP contribution in [0.3, 0.4) is 0 Å². The van der Waals surface area contributed by atoms with Gasteiger partial charge in [-0.1, -0.05) is 79.2 Å². The van der Waals surface area contributed by atoms with Crippen molar-refractivity contribution in [2.45, 2.75) is 51.4 Å². The summed E-state index contributed by atoms with van der Waals surface area (Å²) in [6, 6.07) is 25.1. The van der Waals surface area contributed by atoms with Crippen molar-refractivity contribution in [3.8, 4) is 0 Å². The monoisotopic (exact) mass is 445 g/mol. The second-order valence-electron chi connectivity index (χ2n) is 8.50. The van der Waals surface area contributed by atoms with Crippen LogP contribution in [0.25, 0.3) is 10.8 Å². The molecule has 0 unspecified atom stereocenters. The number of nitrogens with zero attached hydrogens (tertiary/aromatic N) is 1. The van der Waals surface area contributed by atoms with Gasteiger partial charge >= 0.3 is 5.97 Å². The Balaban J connectivity index is 1.56. The molecule has 0 aliphatic rings. The number of aryl methyl sites for hydroxylation is 1. The number of unbranched alkanes of at least 4 members (excludes halogenated alkanes) is 2. The minimum Gasteiger partial charge on any atom is -0.469 e. The van der Waals surface area contributed by atoms with E-state index in [1.807, 2.05) is 23.1 Å². The molecule has 3 rings (SSSR count). The summed E-state index contributed by atoms with van der Waals surface area (Å²) in [6.45, 7) is 1.45. The van der Waals surface area contributed by atoms with Crippen LogP contribution < -0.4 is 0 Å². The fraction of sp³-hybridized carbons (Fsp3) is 0.379. The Morgan fingerprint density at radius 3 is 2.30 bits per heavy atom. The maximum absolute atomic E-state index is 13.1. The number of rotatable bonds is 13. The largest absolute Gasteiger partial charge is 0.469 e. The highest BCUT2D eigenvalue weighted by Crippen LogP contribution is 2.19. The first kappa shape index (κ1) is 24.5. The molecule has 1 amide bonds. The van der Waals surface area contributed by atoms with E-state index in [9.17, 15) is 9.59 Å². The molecular formula is C29H35NO3. The highest BCUT2D eigenvalue weighted by atomic mass is 16.5. The molecule has 0 saturated heterocycles. The predicted molar refractivity (Wildman–Crippen MR) is 134 cm³/mol. The molecule has 174 valence electrons. The van der Waals surface area contributed by atoms with Crippen LogP contribution in [0.15, 0.2) is 72.8 Å². The molecule has 3 aromatic rings. The molecule has 33 heavy (non-hydrogen) atoms. The zero-order valence-electron chi connectivity index (χ0n) is 19.7. The minimum absolute atomic E-state index is 0.167. The summed E-state index contributed by atoms with van der Waals surface area (Å²) in [5.74, 6) is 0.0546. The van der Waals surface area contributed by atoms with Gasteiger partial charge in [0.25, 0.3) is 0 Å². The Labute approximate surface area is 197 Å². The molecule has 0 bridgehead atoms.